The third-order valence-electron chi connectivity index (χ3n) is 2.44. The lowest BCUT2D eigenvalue weighted by molar-refractivity contribution is -0.125. The van der Waals surface area contributed by atoms with E-state index >= 15 is 0 Å². The number of carbonyl (C=O) groups excluding carboxylic acids is 3. The van der Waals surface area contributed by atoms with Gasteiger partial charge in [0.1, 0.15) is 11.6 Å². The number of hydrogen-bond acceptors (Lipinski definition) is 3. The van der Waals surface area contributed by atoms with E-state index in [1.54, 1.807) is 24.3 Å². The third kappa shape index (κ3) is 6.32. The standard InChI is InChI=1S/C16H16O3/c1-13(17)12-15(18)10-6-3-7-11-16(19)14-8-4-2-5-9-14/h2,4-5,8-9H,3,6,10,12H2,1H3. The number of rotatable bonds is 6. The van der Waals surface area contributed by atoms with Crippen LogP contribution in [0.2, 0.25) is 0 Å². The lowest BCUT2D eigenvalue weighted by atomic mass is 10.1. The average Bonchev–Trinajstić information content (AvgIpc) is 2.38. The lowest BCUT2D eigenvalue weighted by Gasteiger charge is -1.94. The zero-order chi connectivity index (χ0) is 14.1. The predicted octanol–water partition coefficient (Wildman–Crippen LogP) is 2.59. The maximum absolute atomic E-state index is 11.6. The molecule has 0 saturated heterocycles. The largest absolute Gasteiger partial charge is 0.300 e. The number of Topliss-reactive ketones (excluding diaryl/α,β-unsaturated/α-hetero) is 3. The summed E-state index contributed by atoms with van der Waals surface area (Å²) >= 11 is 0. The van der Waals surface area contributed by atoms with E-state index in [4.69, 9.17) is 0 Å². The molecule has 98 valence electrons. The Kier molecular flexibility index (Phi) is 6.25. The maximum Gasteiger partial charge on any atom is 0.235 e. The number of carbonyl (C=O) groups is 3. The van der Waals surface area contributed by atoms with E-state index in [9.17, 15) is 14.4 Å². The fraction of sp³-hybridized carbons (Fsp3) is 0.312. The molecular weight excluding hydrogens is 240 g/mol. The first-order chi connectivity index (χ1) is 9.09. The SMILES string of the molecule is CC(=O)CC(=O)CCCC#CC(=O)c1ccccc1. The molecule has 0 unspecified atom stereocenters. The van der Waals surface area contributed by atoms with Crippen LogP contribution in [0.25, 0.3) is 0 Å². The molecule has 3 heteroatoms. The van der Waals surface area contributed by atoms with Crippen LogP contribution in [0, 0.1) is 11.8 Å². The van der Waals surface area contributed by atoms with Gasteiger partial charge < -0.3 is 0 Å². The van der Waals surface area contributed by atoms with Gasteiger partial charge in [-0.2, -0.15) is 0 Å². The van der Waals surface area contributed by atoms with Crippen LogP contribution in [0.5, 0.6) is 0 Å². The summed E-state index contributed by atoms with van der Waals surface area (Å²) in [4.78, 5) is 33.5. The molecule has 0 bridgehead atoms. The van der Waals surface area contributed by atoms with Crippen LogP contribution < -0.4 is 0 Å². The van der Waals surface area contributed by atoms with Crippen LogP contribution in [0.15, 0.2) is 30.3 Å². The zero-order valence-electron chi connectivity index (χ0n) is 10.9. The van der Waals surface area contributed by atoms with Gasteiger partial charge in [-0.1, -0.05) is 36.3 Å². The molecule has 0 radical (unpaired) electrons. The van der Waals surface area contributed by atoms with Crippen molar-refractivity contribution in [2.45, 2.75) is 32.6 Å². The highest BCUT2D eigenvalue weighted by atomic mass is 16.1. The molecular formula is C16H16O3. The van der Waals surface area contributed by atoms with Gasteiger partial charge in [0.2, 0.25) is 5.78 Å². The monoisotopic (exact) mass is 256 g/mol. The van der Waals surface area contributed by atoms with Crippen LogP contribution in [0.4, 0.5) is 0 Å². The van der Waals surface area contributed by atoms with Gasteiger partial charge in [0, 0.05) is 18.4 Å². The molecule has 0 saturated carbocycles. The Hall–Kier alpha value is -2.21. The zero-order valence-corrected chi connectivity index (χ0v) is 10.9. The molecule has 1 aromatic carbocycles. The van der Waals surface area contributed by atoms with Gasteiger partial charge in [0.25, 0.3) is 0 Å². The predicted molar refractivity (Wildman–Crippen MR) is 72.7 cm³/mol. The topological polar surface area (TPSA) is 51.2 Å². The summed E-state index contributed by atoms with van der Waals surface area (Å²) < 4.78 is 0. The molecule has 0 heterocycles. The molecule has 0 aromatic heterocycles. The molecule has 0 amide bonds. The van der Waals surface area contributed by atoms with E-state index < -0.39 is 0 Å². The minimum Gasteiger partial charge on any atom is -0.300 e. The van der Waals surface area contributed by atoms with E-state index in [1.165, 1.54) is 6.92 Å². The molecule has 1 aromatic rings. The second-order valence-electron chi connectivity index (χ2n) is 4.27. The normalized spacial score (nSPS) is 9.32. The van der Waals surface area contributed by atoms with Gasteiger partial charge in [-0.25, -0.2) is 0 Å². The van der Waals surface area contributed by atoms with Crippen molar-refractivity contribution in [3.8, 4) is 11.8 Å². The summed E-state index contributed by atoms with van der Waals surface area (Å²) in [5.74, 6) is 4.91. The highest BCUT2D eigenvalue weighted by Crippen LogP contribution is 2.01. The second-order valence-corrected chi connectivity index (χ2v) is 4.27. The Bertz CT molecular complexity index is 518. The highest BCUT2D eigenvalue weighted by Gasteiger charge is 2.04. The molecule has 0 atom stereocenters. The Labute approximate surface area is 113 Å². The van der Waals surface area contributed by atoms with Gasteiger partial charge >= 0.3 is 0 Å². The van der Waals surface area contributed by atoms with Gasteiger partial charge in [0.05, 0.1) is 6.42 Å². The van der Waals surface area contributed by atoms with Gasteiger partial charge in [-0.15, -0.1) is 0 Å². The molecule has 0 aliphatic carbocycles. The van der Waals surface area contributed by atoms with Crippen LogP contribution in [-0.4, -0.2) is 17.3 Å². The van der Waals surface area contributed by atoms with Gasteiger partial charge in [-0.3, -0.25) is 14.4 Å². The Morgan fingerprint density at radius 1 is 1.11 bits per heavy atom. The fourth-order valence-corrected chi connectivity index (χ4v) is 1.54. The van der Waals surface area contributed by atoms with Crippen molar-refractivity contribution < 1.29 is 14.4 Å². The Morgan fingerprint density at radius 2 is 1.79 bits per heavy atom. The Morgan fingerprint density at radius 3 is 2.42 bits per heavy atom. The van der Waals surface area contributed by atoms with E-state index in [1.807, 2.05) is 6.07 Å². The summed E-state index contributed by atoms with van der Waals surface area (Å²) in [6.07, 6.45) is 1.41. The molecule has 19 heavy (non-hydrogen) atoms. The first-order valence-electron chi connectivity index (χ1n) is 6.19. The van der Waals surface area contributed by atoms with Crippen molar-refractivity contribution in [2.75, 3.05) is 0 Å². The summed E-state index contributed by atoms with van der Waals surface area (Å²) in [7, 11) is 0. The van der Waals surface area contributed by atoms with E-state index in [0.717, 1.165) is 0 Å². The number of ketones is 3. The minimum atomic E-state index is -0.212. The van der Waals surface area contributed by atoms with Crippen molar-refractivity contribution in [3.63, 3.8) is 0 Å². The quantitative estimate of drug-likeness (QED) is 0.258. The molecule has 3 nitrogen and oxygen atoms in total. The average molecular weight is 256 g/mol. The summed E-state index contributed by atoms with van der Waals surface area (Å²) in [5, 5.41) is 0. The van der Waals surface area contributed by atoms with E-state index in [2.05, 4.69) is 11.8 Å². The molecule has 1 rings (SSSR count). The minimum absolute atomic E-state index is 0.00360. The van der Waals surface area contributed by atoms with Crippen LogP contribution in [-0.2, 0) is 9.59 Å². The van der Waals surface area contributed by atoms with Gasteiger partial charge in [-0.05, 0) is 19.3 Å². The van der Waals surface area contributed by atoms with E-state index in [-0.39, 0.29) is 23.8 Å². The van der Waals surface area contributed by atoms with E-state index in [0.29, 0.717) is 24.8 Å². The summed E-state index contributed by atoms with van der Waals surface area (Å²) in [6.45, 7) is 1.40. The van der Waals surface area contributed by atoms with Crippen molar-refractivity contribution in [2.24, 2.45) is 0 Å². The van der Waals surface area contributed by atoms with Crippen molar-refractivity contribution in [1.82, 2.24) is 0 Å². The molecule has 0 fully saturated rings. The molecule has 0 aliphatic heterocycles. The Balaban J connectivity index is 2.31. The highest BCUT2D eigenvalue weighted by molar-refractivity contribution is 6.08. The first kappa shape index (κ1) is 14.8. The van der Waals surface area contributed by atoms with Crippen molar-refractivity contribution in [3.05, 3.63) is 35.9 Å². The summed E-state index contributed by atoms with van der Waals surface area (Å²) in [6, 6.07) is 8.84. The first-order valence-corrected chi connectivity index (χ1v) is 6.19. The van der Waals surface area contributed by atoms with Crippen LogP contribution >= 0.6 is 0 Å². The summed E-state index contributed by atoms with van der Waals surface area (Å²) in [5.41, 5.74) is 0.572. The number of hydrogen-bond donors (Lipinski definition) is 0. The van der Waals surface area contributed by atoms with Crippen molar-refractivity contribution >= 4 is 17.3 Å². The van der Waals surface area contributed by atoms with Crippen LogP contribution in [0.1, 0.15) is 43.0 Å². The van der Waals surface area contributed by atoms with Gasteiger partial charge in [0.15, 0.2) is 0 Å². The van der Waals surface area contributed by atoms with Crippen LogP contribution in [0.3, 0.4) is 0 Å². The molecule has 0 spiro atoms. The maximum atomic E-state index is 11.6. The smallest absolute Gasteiger partial charge is 0.235 e. The molecule has 0 N–H and O–H groups in total. The second kappa shape index (κ2) is 7.99. The fourth-order valence-electron chi connectivity index (χ4n) is 1.54. The molecule has 0 aliphatic rings. The lowest BCUT2D eigenvalue weighted by Crippen LogP contribution is -2.03. The number of unbranched alkanes of at least 4 members (excludes halogenated alkanes) is 1. The third-order valence-corrected chi connectivity index (χ3v) is 2.44. The number of benzene rings is 1. The van der Waals surface area contributed by atoms with Crippen molar-refractivity contribution in [1.29, 1.82) is 0 Å².